The van der Waals surface area contributed by atoms with E-state index in [-0.39, 0.29) is 18.2 Å². The van der Waals surface area contributed by atoms with Crippen molar-refractivity contribution in [3.63, 3.8) is 0 Å². The van der Waals surface area contributed by atoms with Crippen LogP contribution in [0.3, 0.4) is 0 Å². The van der Waals surface area contributed by atoms with Gasteiger partial charge in [0.15, 0.2) is 0 Å². The monoisotopic (exact) mass is 443 g/mol. The van der Waals surface area contributed by atoms with Gasteiger partial charge in [-0.05, 0) is 65.7 Å². The van der Waals surface area contributed by atoms with Gasteiger partial charge in [-0.15, -0.1) is 0 Å². The summed E-state index contributed by atoms with van der Waals surface area (Å²) in [5.74, 6) is -0.216. The average Bonchev–Trinajstić information content (AvgIpc) is 3.23. The molecule has 0 amide bonds. The fraction of sp³-hybridized carbons (Fsp3) is 0.0800. The zero-order valence-corrected chi connectivity index (χ0v) is 17.4. The van der Waals surface area contributed by atoms with E-state index in [0.717, 1.165) is 16.7 Å². The SMILES string of the molecule is OCc1ccn2c(-c3ccnc(NCc4ccc(F)cc4)n3)c(-c3ccc(F)cc3)nc2c1. The molecular weight excluding hydrogens is 424 g/mol. The number of rotatable bonds is 6. The molecule has 5 rings (SSSR count). The number of nitrogens with one attached hydrogen (secondary N) is 1. The van der Waals surface area contributed by atoms with Crippen LogP contribution in [0, 0.1) is 11.6 Å². The van der Waals surface area contributed by atoms with E-state index in [1.54, 1.807) is 42.6 Å². The first kappa shape index (κ1) is 20.7. The number of benzene rings is 2. The van der Waals surface area contributed by atoms with Crippen LogP contribution in [-0.2, 0) is 13.2 Å². The van der Waals surface area contributed by atoms with Crippen molar-refractivity contribution >= 4 is 11.6 Å². The summed E-state index contributed by atoms with van der Waals surface area (Å²) in [7, 11) is 0. The van der Waals surface area contributed by atoms with Crippen molar-refractivity contribution in [2.75, 3.05) is 5.32 Å². The number of pyridine rings is 1. The van der Waals surface area contributed by atoms with Crippen molar-refractivity contribution in [2.45, 2.75) is 13.2 Å². The lowest BCUT2D eigenvalue weighted by Gasteiger charge is -2.09. The molecule has 8 heteroatoms. The quantitative estimate of drug-likeness (QED) is 0.393. The summed E-state index contributed by atoms with van der Waals surface area (Å²) in [5, 5.41) is 12.7. The Balaban J connectivity index is 1.56. The largest absolute Gasteiger partial charge is 0.392 e. The van der Waals surface area contributed by atoms with Gasteiger partial charge < -0.3 is 10.4 Å². The maximum Gasteiger partial charge on any atom is 0.223 e. The van der Waals surface area contributed by atoms with Crippen molar-refractivity contribution in [2.24, 2.45) is 0 Å². The fourth-order valence-electron chi connectivity index (χ4n) is 3.60. The third-order valence-corrected chi connectivity index (χ3v) is 5.25. The predicted molar refractivity (Wildman–Crippen MR) is 121 cm³/mol. The molecule has 0 aliphatic rings. The number of aliphatic hydroxyl groups excluding tert-OH is 1. The second-order valence-electron chi connectivity index (χ2n) is 7.48. The molecule has 0 aliphatic carbocycles. The van der Waals surface area contributed by atoms with E-state index < -0.39 is 0 Å². The Bertz CT molecular complexity index is 1420. The Kier molecular flexibility index (Phi) is 5.50. The molecule has 0 saturated heterocycles. The summed E-state index contributed by atoms with van der Waals surface area (Å²) < 4.78 is 28.6. The molecule has 3 aromatic heterocycles. The number of aromatic nitrogens is 4. The van der Waals surface area contributed by atoms with Crippen LogP contribution in [0.25, 0.3) is 28.3 Å². The topological polar surface area (TPSA) is 75.3 Å². The summed E-state index contributed by atoms with van der Waals surface area (Å²) in [6, 6.07) is 17.7. The van der Waals surface area contributed by atoms with Crippen LogP contribution < -0.4 is 5.32 Å². The number of imidazole rings is 1. The molecule has 2 N–H and O–H groups in total. The van der Waals surface area contributed by atoms with E-state index in [1.165, 1.54) is 24.3 Å². The molecule has 0 fully saturated rings. The number of anilines is 1. The lowest BCUT2D eigenvalue weighted by molar-refractivity contribution is 0.282. The van der Waals surface area contributed by atoms with Gasteiger partial charge in [0.1, 0.15) is 17.3 Å². The number of nitrogens with zero attached hydrogens (tertiary/aromatic N) is 4. The molecule has 6 nitrogen and oxygen atoms in total. The molecule has 0 atom stereocenters. The number of hydrogen-bond donors (Lipinski definition) is 2. The van der Waals surface area contributed by atoms with Crippen LogP contribution in [0.2, 0.25) is 0 Å². The predicted octanol–water partition coefficient (Wildman–Crippen LogP) is 4.84. The highest BCUT2D eigenvalue weighted by atomic mass is 19.1. The summed E-state index contributed by atoms with van der Waals surface area (Å²) in [6.07, 6.45) is 3.47. The van der Waals surface area contributed by atoms with Crippen molar-refractivity contribution < 1.29 is 13.9 Å². The first-order valence-corrected chi connectivity index (χ1v) is 10.3. The van der Waals surface area contributed by atoms with Crippen LogP contribution in [0.15, 0.2) is 79.1 Å². The Morgan fingerprint density at radius 1 is 0.848 bits per heavy atom. The third-order valence-electron chi connectivity index (χ3n) is 5.25. The fourth-order valence-corrected chi connectivity index (χ4v) is 3.60. The highest BCUT2D eigenvalue weighted by Crippen LogP contribution is 2.32. The highest BCUT2D eigenvalue weighted by molar-refractivity contribution is 5.80. The summed E-state index contributed by atoms with van der Waals surface area (Å²) in [5.41, 5.74) is 4.96. The van der Waals surface area contributed by atoms with Crippen molar-refractivity contribution in [3.8, 4) is 22.6 Å². The molecule has 0 spiro atoms. The maximum absolute atomic E-state index is 13.5. The van der Waals surface area contributed by atoms with Gasteiger partial charge in [-0.25, -0.2) is 23.7 Å². The van der Waals surface area contributed by atoms with E-state index in [1.807, 2.05) is 16.7 Å². The van der Waals surface area contributed by atoms with Gasteiger partial charge in [0, 0.05) is 24.5 Å². The molecule has 2 aromatic carbocycles. The Labute approximate surface area is 188 Å². The number of hydrogen-bond acceptors (Lipinski definition) is 5. The van der Waals surface area contributed by atoms with E-state index in [4.69, 9.17) is 4.98 Å². The normalized spacial score (nSPS) is 11.1. The standard InChI is InChI=1S/C25H19F2N5O/c26-19-5-1-16(2-6-19)14-29-25-28-11-9-21(30-25)24-23(18-3-7-20(27)8-4-18)31-22-13-17(15-33)10-12-32(22)24/h1-13,33H,14-15H2,(H,28,29,30). The molecule has 0 unspecified atom stereocenters. The minimum atomic E-state index is -0.332. The zero-order chi connectivity index (χ0) is 22.8. The minimum absolute atomic E-state index is 0.102. The first-order valence-electron chi connectivity index (χ1n) is 10.3. The van der Waals surface area contributed by atoms with E-state index >= 15 is 0 Å². The summed E-state index contributed by atoms with van der Waals surface area (Å²) in [4.78, 5) is 13.7. The second-order valence-corrected chi connectivity index (χ2v) is 7.48. The lowest BCUT2D eigenvalue weighted by atomic mass is 10.1. The second kappa shape index (κ2) is 8.76. The molecule has 5 aromatic rings. The van der Waals surface area contributed by atoms with Crippen molar-refractivity contribution in [1.29, 1.82) is 0 Å². The number of fused-ring (bicyclic) bond motifs is 1. The number of aliphatic hydroxyl groups is 1. The van der Waals surface area contributed by atoms with Gasteiger partial charge in [0.05, 0.1) is 23.7 Å². The van der Waals surface area contributed by atoms with E-state index in [0.29, 0.717) is 35.2 Å². The van der Waals surface area contributed by atoms with Crippen molar-refractivity contribution in [1.82, 2.24) is 19.4 Å². The molecule has 164 valence electrons. The van der Waals surface area contributed by atoms with Gasteiger partial charge in [-0.1, -0.05) is 12.1 Å². The minimum Gasteiger partial charge on any atom is -0.392 e. The Morgan fingerprint density at radius 3 is 2.30 bits per heavy atom. The molecule has 0 saturated carbocycles. The Hall–Kier alpha value is -4.17. The first-order chi connectivity index (χ1) is 16.1. The summed E-state index contributed by atoms with van der Waals surface area (Å²) >= 11 is 0. The van der Waals surface area contributed by atoms with E-state index in [2.05, 4.69) is 15.3 Å². The van der Waals surface area contributed by atoms with Gasteiger partial charge in [0.25, 0.3) is 0 Å². The van der Waals surface area contributed by atoms with Crippen LogP contribution in [-0.4, -0.2) is 24.5 Å². The molecule has 0 aliphatic heterocycles. The van der Waals surface area contributed by atoms with Gasteiger partial charge in [0.2, 0.25) is 5.95 Å². The third kappa shape index (κ3) is 4.28. The maximum atomic E-state index is 13.5. The molecule has 0 bridgehead atoms. The smallest absolute Gasteiger partial charge is 0.223 e. The molecule has 33 heavy (non-hydrogen) atoms. The van der Waals surface area contributed by atoms with Gasteiger partial charge in [-0.3, -0.25) is 4.40 Å². The zero-order valence-electron chi connectivity index (χ0n) is 17.4. The molecule has 0 radical (unpaired) electrons. The Morgan fingerprint density at radius 2 is 1.58 bits per heavy atom. The van der Waals surface area contributed by atoms with Crippen LogP contribution >= 0.6 is 0 Å². The van der Waals surface area contributed by atoms with Crippen LogP contribution in [0.4, 0.5) is 14.7 Å². The number of halogens is 2. The van der Waals surface area contributed by atoms with Gasteiger partial charge in [-0.2, -0.15) is 0 Å². The molecule has 3 heterocycles. The average molecular weight is 443 g/mol. The van der Waals surface area contributed by atoms with Crippen LogP contribution in [0.5, 0.6) is 0 Å². The lowest BCUT2D eigenvalue weighted by Crippen LogP contribution is -2.04. The van der Waals surface area contributed by atoms with Crippen LogP contribution in [0.1, 0.15) is 11.1 Å². The van der Waals surface area contributed by atoms with Crippen molar-refractivity contribution in [3.05, 3.63) is 102 Å². The highest BCUT2D eigenvalue weighted by Gasteiger charge is 2.18. The summed E-state index contributed by atoms with van der Waals surface area (Å²) in [6.45, 7) is 0.330. The van der Waals surface area contributed by atoms with Gasteiger partial charge >= 0.3 is 0 Å². The molecular formula is C25H19F2N5O. The van der Waals surface area contributed by atoms with E-state index in [9.17, 15) is 13.9 Å².